The molecule has 8 heteroatoms. The quantitative estimate of drug-likeness (QED) is 0.0431. The first-order valence-corrected chi connectivity index (χ1v) is 14.6. The fourth-order valence-corrected chi connectivity index (χ4v) is 4.93. The number of hydrogen-bond acceptors (Lipinski definition) is 4. The summed E-state index contributed by atoms with van der Waals surface area (Å²) in [7, 11) is 0. The third-order valence-electron chi connectivity index (χ3n) is 5.63. The van der Waals surface area contributed by atoms with Crippen molar-refractivity contribution in [3.8, 4) is 0 Å². The van der Waals surface area contributed by atoms with Gasteiger partial charge in [-0.15, -0.1) is 11.6 Å². The third kappa shape index (κ3) is 10.9. The number of Topliss-reactive ketones (excluding diaryl/α,β-unsaturated/α-hetero) is 2. The number of unbranched alkanes of at least 4 members (excludes halogenated alkanes) is 6. The van der Waals surface area contributed by atoms with Crippen LogP contribution in [0.4, 0.5) is 4.39 Å². The fourth-order valence-electron chi connectivity index (χ4n) is 3.81. The lowest BCUT2D eigenvalue weighted by Gasteiger charge is -2.30. The van der Waals surface area contributed by atoms with Crippen LogP contribution in [0.2, 0.25) is 0 Å². The van der Waals surface area contributed by atoms with E-state index < -0.39 is 29.6 Å². The van der Waals surface area contributed by atoms with Crippen LogP contribution in [-0.2, 0) is 19.2 Å². The summed E-state index contributed by atoms with van der Waals surface area (Å²) in [5, 5.41) is 0.793. The summed E-state index contributed by atoms with van der Waals surface area (Å²) in [5.74, 6) is 0.300. The number of ketones is 2. The smallest absolute Gasteiger partial charge is 0.226 e. The SMILES string of the molecule is O=[C]C(C(=O)CCCCCCl)(C(=O)CCCCCBr)C(=C=O)C(CCF)CCCCCI. The monoisotopic (exact) mass is 647 g/mol. The molecule has 183 valence electrons. The summed E-state index contributed by atoms with van der Waals surface area (Å²) in [4.78, 5) is 50.9. The van der Waals surface area contributed by atoms with Crippen molar-refractivity contribution in [2.24, 2.45) is 11.3 Å². The number of carbonyl (C=O) groups excluding carboxylic acids is 4. The Morgan fingerprint density at radius 1 is 0.906 bits per heavy atom. The Balaban J connectivity index is 5.91. The topological polar surface area (TPSA) is 68.3 Å². The van der Waals surface area contributed by atoms with Gasteiger partial charge in [-0.2, -0.15) is 0 Å². The molecular weight excluding hydrogens is 614 g/mol. The van der Waals surface area contributed by atoms with E-state index in [4.69, 9.17) is 11.6 Å². The lowest BCUT2D eigenvalue weighted by atomic mass is 9.66. The average molecular weight is 649 g/mol. The van der Waals surface area contributed by atoms with Crippen LogP contribution in [0.25, 0.3) is 0 Å². The Kier molecular flexibility index (Phi) is 20.2. The van der Waals surface area contributed by atoms with Crippen LogP contribution < -0.4 is 0 Å². The minimum atomic E-state index is -2.26. The maximum atomic E-state index is 13.4. The average Bonchev–Trinajstić information content (AvgIpc) is 2.80. The van der Waals surface area contributed by atoms with Crippen LogP contribution in [0.3, 0.4) is 0 Å². The highest BCUT2D eigenvalue weighted by molar-refractivity contribution is 14.1. The number of alkyl halides is 4. The van der Waals surface area contributed by atoms with Gasteiger partial charge < -0.3 is 0 Å². The lowest BCUT2D eigenvalue weighted by molar-refractivity contribution is -0.134. The summed E-state index contributed by atoms with van der Waals surface area (Å²) in [6.07, 6.45) is 8.62. The lowest BCUT2D eigenvalue weighted by Crippen LogP contribution is -2.45. The molecule has 0 aromatic carbocycles. The van der Waals surface area contributed by atoms with Crippen molar-refractivity contribution < 1.29 is 23.6 Å². The van der Waals surface area contributed by atoms with Crippen molar-refractivity contribution in [1.29, 1.82) is 0 Å². The van der Waals surface area contributed by atoms with E-state index in [1.165, 1.54) is 0 Å². The molecule has 0 aromatic rings. The Labute approximate surface area is 219 Å². The van der Waals surface area contributed by atoms with Gasteiger partial charge in [-0.25, -0.2) is 4.79 Å². The highest BCUT2D eigenvalue weighted by atomic mass is 127. The molecule has 32 heavy (non-hydrogen) atoms. The molecule has 0 rings (SSSR count). The molecule has 0 saturated heterocycles. The molecule has 2 atom stereocenters. The molecule has 0 fully saturated rings. The largest absolute Gasteiger partial charge is 0.298 e. The molecule has 4 nitrogen and oxygen atoms in total. The van der Waals surface area contributed by atoms with E-state index in [-0.39, 0.29) is 24.8 Å². The molecule has 0 spiro atoms. The van der Waals surface area contributed by atoms with Crippen LogP contribution in [0, 0.1) is 11.3 Å². The zero-order chi connectivity index (χ0) is 24.2. The minimum absolute atomic E-state index is 0.00196. The van der Waals surface area contributed by atoms with Crippen molar-refractivity contribution >= 4 is 73.9 Å². The van der Waals surface area contributed by atoms with Crippen LogP contribution in [0.1, 0.15) is 83.5 Å². The molecule has 0 aliphatic rings. The van der Waals surface area contributed by atoms with E-state index in [9.17, 15) is 23.6 Å². The summed E-state index contributed by atoms with van der Waals surface area (Å²) in [5.41, 5.74) is -2.48. The van der Waals surface area contributed by atoms with Gasteiger partial charge in [-0.05, 0) is 55.3 Å². The highest BCUT2D eigenvalue weighted by Gasteiger charge is 2.51. The second kappa shape index (κ2) is 20.3. The first-order valence-electron chi connectivity index (χ1n) is 11.4. The third-order valence-corrected chi connectivity index (χ3v) is 7.22. The molecule has 1 radical (unpaired) electrons. The van der Waals surface area contributed by atoms with Crippen LogP contribution in [0.5, 0.6) is 0 Å². The molecule has 2 unspecified atom stereocenters. The van der Waals surface area contributed by atoms with Gasteiger partial charge in [-0.3, -0.25) is 18.8 Å². The maximum Gasteiger partial charge on any atom is 0.226 e. The second-order valence-electron chi connectivity index (χ2n) is 7.93. The maximum absolute atomic E-state index is 13.4. The van der Waals surface area contributed by atoms with E-state index in [2.05, 4.69) is 38.5 Å². The Morgan fingerprint density at radius 2 is 1.50 bits per heavy atom. The van der Waals surface area contributed by atoms with Gasteiger partial charge >= 0.3 is 0 Å². The van der Waals surface area contributed by atoms with E-state index in [0.29, 0.717) is 38.0 Å². The van der Waals surface area contributed by atoms with Crippen molar-refractivity contribution in [1.82, 2.24) is 0 Å². The summed E-state index contributed by atoms with van der Waals surface area (Å²) in [6.45, 7) is -0.708. The van der Waals surface area contributed by atoms with E-state index in [1.54, 1.807) is 12.2 Å². The van der Waals surface area contributed by atoms with Crippen LogP contribution in [-0.4, -0.2) is 46.1 Å². The number of rotatable bonds is 22. The van der Waals surface area contributed by atoms with E-state index in [1.807, 2.05) is 0 Å². The van der Waals surface area contributed by atoms with E-state index >= 15 is 0 Å². The Morgan fingerprint density at radius 3 is 1.97 bits per heavy atom. The van der Waals surface area contributed by atoms with Gasteiger partial charge in [0, 0.05) is 29.6 Å². The predicted molar refractivity (Wildman–Crippen MR) is 140 cm³/mol. The molecule has 0 aliphatic heterocycles. The zero-order valence-electron chi connectivity index (χ0n) is 18.7. The standard InChI is InChI=1S/C24H35BrClFIO4/c25-14-7-1-5-11-22(31)24(19-30,23(32)12-6-2-8-15-26)21(18-29)20(13-16-27)10-4-3-9-17-28/h20H,1-17H2. The van der Waals surface area contributed by atoms with Gasteiger partial charge in [0.1, 0.15) is 5.94 Å². The van der Waals surface area contributed by atoms with E-state index in [0.717, 1.165) is 41.9 Å². The molecular formula is C24H35BrClFIO4. The number of carbonyl (C=O) groups is 2. The number of allylic oxidation sites excluding steroid dienone is 1. The van der Waals surface area contributed by atoms with Crippen LogP contribution >= 0.6 is 50.1 Å². The molecule has 0 aliphatic carbocycles. The fraction of sp³-hybridized carbons (Fsp3) is 0.792. The molecule has 0 N–H and O–H groups in total. The predicted octanol–water partition coefficient (Wildman–Crippen LogP) is 6.70. The first kappa shape index (κ1) is 31.9. The minimum Gasteiger partial charge on any atom is -0.298 e. The molecule has 0 bridgehead atoms. The van der Waals surface area contributed by atoms with Gasteiger partial charge in [0.2, 0.25) is 6.29 Å². The molecule has 0 heterocycles. The Hall–Kier alpha value is -0.110. The van der Waals surface area contributed by atoms with Crippen molar-refractivity contribution in [2.75, 3.05) is 22.3 Å². The van der Waals surface area contributed by atoms with Crippen molar-refractivity contribution in [2.45, 2.75) is 83.5 Å². The number of halogens is 4. The molecule has 0 amide bonds. The zero-order valence-corrected chi connectivity index (χ0v) is 23.2. The normalized spacial score (nSPS) is 13.8. The summed E-state index contributed by atoms with van der Waals surface area (Å²) < 4.78 is 14.3. The van der Waals surface area contributed by atoms with Gasteiger partial charge in [-0.1, -0.05) is 64.2 Å². The second-order valence-corrected chi connectivity index (χ2v) is 10.2. The number of hydrogen-bond donors (Lipinski definition) is 0. The van der Waals surface area contributed by atoms with Gasteiger partial charge in [0.05, 0.1) is 6.67 Å². The first-order chi connectivity index (χ1) is 15.5. The van der Waals surface area contributed by atoms with Gasteiger partial charge in [0.15, 0.2) is 17.0 Å². The van der Waals surface area contributed by atoms with Gasteiger partial charge in [0.25, 0.3) is 0 Å². The van der Waals surface area contributed by atoms with Crippen molar-refractivity contribution in [3.05, 3.63) is 5.57 Å². The summed E-state index contributed by atoms with van der Waals surface area (Å²) in [6, 6.07) is 0. The molecule has 0 aromatic heterocycles. The van der Waals surface area contributed by atoms with Crippen LogP contribution in [0.15, 0.2) is 5.57 Å². The van der Waals surface area contributed by atoms with Crippen molar-refractivity contribution in [3.63, 3.8) is 0 Å². The molecule has 0 saturated carbocycles. The summed E-state index contributed by atoms with van der Waals surface area (Å²) >= 11 is 11.3. The Bertz CT molecular complexity index is 587. The highest BCUT2D eigenvalue weighted by Crippen LogP contribution is 2.38.